The molecule has 0 spiro atoms. The molecule has 80 valence electrons. The number of non-ortho nitro benzene ring substituents is 1. The van der Waals surface area contributed by atoms with Crippen LogP contribution in [0.1, 0.15) is 5.56 Å². The molecule has 0 atom stereocenters. The molecular weight excluding hydrogens is 198 g/mol. The van der Waals surface area contributed by atoms with Crippen LogP contribution in [0.4, 0.5) is 5.69 Å². The third-order valence-corrected chi connectivity index (χ3v) is 1.75. The molecule has 0 saturated heterocycles. The van der Waals surface area contributed by atoms with Crippen molar-refractivity contribution in [2.45, 2.75) is 6.54 Å². The molecule has 0 amide bonds. The minimum absolute atomic E-state index is 0.0405. The summed E-state index contributed by atoms with van der Waals surface area (Å²) >= 11 is 0. The number of hydrogen-bond donors (Lipinski definition) is 1. The van der Waals surface area contributed by atoms with Crippen molar-refractivity contribution in [3.8, 4) is 0 Å². The Morgan fingerprint density at radius 3 is 3.00 bits per heavy atom. The summed E-state index contributed by atoms with van der Waals surface area (Å²) in [6, 6.07) is 6.27. The first-order valence-corrected chi connectivity index (χ1v) is 4.20. The lowest BCUT2D eigenvalue weighted by atomic mass is 10.2. The molecule has 0 bridgehead atoms. The van der Waals surface area contributed by atoms with Crippen molar-refractivity contribution in [1.29, 1.82) is 0 Å². The maximum absolute atomic E-state index is 10.5. The molecule has 2 N–H and O–H groups in total. The lowest BCUT2D eigenvalue weighted by Gasteiger charge is -1.99. The predicted octanol–water partition coefficient (Wildman–Crippen LogP) is 1.06. The molecule has 1 rings (SSSR count). The zero-order valence-electron chi connectivity index (χ0n) is 8.21. The fraction of sp³-hybridized carbons (Fsp3) is 0.222. The summed E-state index contributed by atoms with van der Waals surface area (Å²) in [7, 11) is 1.41. The Balaban J connectivity index is 2.78. The van der Waals surface area contributed by atoms with Crippen LogP contribution in [-0.4, -0.2) is 18.1 Å². The van der Waals surface area contributed by atoms with Crippen LogP contribution < -0.4 is 5.73 Å². The van der Waals surface area contributed by atoms with Crippen molar-refractivity contribution in [3.05, 3.63) is 39.9 Å². The molecule has 1 aromatic rings. The number of aliphatic imine (C=N–C) groups is 1. The number of benzene rings is 1. The summed E-state index contributed by atoms with van der Waals surface area (Å²) in [5.41, 5.74) is 6.07. The third-order valence-electron chi connectivity index (χ3n) is 1.75. The van der Waals surface area contributed by atoms with E-state index in [2.05, 4.69) is 9.73 Å². The Morgan fingerprint density at radius 2 is 2.40 bits per heavy atom. The van der Waals surface area contributed by atoms with E-state index in [0.29, 0.717) is 5.56 Å². The first-order chi connectivity index (χ1) is 7.13. The van der Waals surface area contributed by atoms with E-state index < -0.39 is 4.92 Å². The SMILES string of the molecule is CO/C(N)=N/Cc1cccc([N+](=O)[O-])c1. The van der Waals surface area contributed by atoms with Gasteiger partial charge in [0, 0.05) is 12.1 Å². The van der Waals surface area contributed by atoms with Crippen LogP contribution in [0.3, 0.4) is 0 Å². The number of nitrogens with two attached hydrogens (primary N) is 1. The smallest absolute Gasteiger partial charge is 0.281 e. The number of hydrogen-bond acceptors (Lipinski definition) is 4. The van der Waals surface area contributed by atoms with Gasteiger partial charge in [0.2, 0.25) is 0 Å². The number of nitro benzene ring substituents is 1. The summed E-state index contributed by atoms with van der Waals surface area (Å²) in [5, 5.41) is 10.5. The van der Waals surface area contributed by atoms with Gasteiger partial charge in [0.1, 0.15) is 0 Å². The standard InChI is InChI=1S/C9H11N3O3/c1-15-9(10)11-6-7-3-2-4-8(5-7)12(13)14/h2-5H,6H2,1H3,(H2,10,11). The summed E-state index contributed by atoms with van der Waals surface area (Å²) in [5.74, 6) is 0. The largest absolute Gasteiger partial charge is 0.469 e. The number of amidine groups is 1. The van der Waals surface area contributed by atoms with Crippen LogP contribution in [-0.2, 0) is 11.3 Å². The highest BCUT2D eigenvalue weighted by atomic mass is 16.6. The molecule has 0 saturated carbocycles. The van der Waals surface area contributed by atoms with Crippen LogP contribution in [0.5, 0.6) is 0 Å². The lowest BCUT2D eigenvalue weighted by Crippen LogP contribution is -2.13. The molecular formula is C9H11N3O3. The normalized spacial score (nSPS) is 11.1. The van der Waals surface area contributed by atoms with E-state index >= 15 is 0 Å². The van der Waals surface area contributed by atoms with Crippen molar-refractivity contribution in [2.75, 3.05) is 7.11 Å². The van der Waals surface area contributed by atoms with Crippen LogP contribution >= 0.6 is 0 Å². The van der Waals surface area contributed by atoms with Gasteiger partial charge in [-0.1, -0.05) is 12.1 Å². The highest BCUT2D eigenvalue weighted by Gasteiger charge is 2.04. The molecule has 0 aromatic heterocycles. The zero-order chi connectivity index (χ0) is 11.3. The molecule has 0 aliphatic carbocycles. The van der Waals surface area contributed by atoms with Gasteiger partial charge in [-0.25, -0.2) is 4.99 Å². The summed E-state index contributed by atoms with van der Waals surface area (Å²) in [6.07, 6.45) is 0. The third kappa shape index (κ3) is 3.26. The molecule has 0 fully saturated rings. The van der Waals surface area contributed by atoms with Gasteiger partial charge in [-0.15, -0.1) is 0 Å². The summed E-state index contributed by atoms with van der Waals surface area (Å²) in [4.78, 5) is 13.9. The van der Waals surface area contributed by atoms with Gasteiger partial charge in [0.25, 0.3) is 11.7 Å². The van der Waals surface area contributed by atoms with E-state index in [9.17, 15) is 10.1 Å². The average Bonchev–Trinajstić information content (AvgIpc) is 2.26. The van der Waals surface area contributed by atoms with E-state index in [4.69, 9.17) is 5.73 Å². The second-order valence-corrected chi connectivity index (χ2v) is 2.79. The van der Waals surface area contributed by atoms with Gasteiger partial charge in [-0.05, 0) is 5.56 Å². The maximum Gasteiger partial charge on any atom is 0.281 e. The second kappa shape index (κ2) is 4.94. The molecule has 6 nitrogen and oxygen atoms in total. The van der Waals surface area contributed by atoms with E-state index in [1.54, 1.807) is 12.1 Å². The Kier molecular flexibility index (Phi) is 3.61. The Morgan fingerprint density at radius 1 is 1.67 bits per heavy atom. The fourth-order valence-electron chi connectivity index (χ4n) is 1.00. The van der Waals surface area contributed by atoms with Crippen LogP contribution in [0.25, 0.3) is 0 Å². The lowest BCUT2D eigenvalue weighted by molar-refractivity contribution is -0.384. The predicted molar refractivity (Wildman–Crippen MR) is 55.4 cm³/mol. The van der Waals surface area contributed by atoms with E-state index in [0.717, 1.165) is 0 Å². The molecule has 6 heteroatoms. The zero-order valence-corrected chi connectivity index (χ0v) is 8.21. The van der Waals surface area contributed by atoms with Crippen molar-refractivity contribution in [1.82, 2.24) is 0 Å². The van der Waals surface area contributed by atoms with Gasteiger partial charge >= 0.3 is 0 Å². The molecule has 1 aromatic carbocycles. The van der Waals surface area contributed by atoms with Crippen molar-refractivity contribution in [2.24, 2.45) is 10.7 Å². The average molecular weight is 209 g/mol. The first-order valence-electron chi connectivity index (χ1n) is 4.20. The number of rotatable bonds is 3. The first kappa shape index (κ1) is 11.0. The topological polar surface area (TPSA) is 90.8 Å². The Bertz CT molecular complexity index is 390. The molecule has 0 radical (unpaired) electrons. The van der Waals surface area contributed by atoms with Crippen LogP contribution in [0.2, 0.25) is 0 Å². The van der Waals surface area contributed by atoms with Crippen molar-refractivity contribution >= 4 is 11.7 Å². The van der Waals surface area contributed by atoms with Gasteiger partial charge in [0.05, 0.1) is 18.6 Å². The number of nitrogens with zero attached hydrogens (tertiary/aromatic N) is 2. The molecule has 15 heavy (non-hydrogen) atoms. The minimum atomic E-state index is -0.451. The number of methoxy groups -OCH3 is 1. The summed E-state index contributed by atoms with van der Waals surface area (Å²) in [6.45, 7) is 0.265. The molecule has 0 aliphatic rings. The van der Waals surface area contributed by atoms with Crippen molar-refractivity contribution in [3.63, 3.8) is 0 Å². The van der Waals surface area contributed by atoms with E-state index in [1.165, 1.54) is 19.2 Å². The Labute approximate surface area is 86.5 Å². The number of ether oxygens (including phenoxy) is 1. The minimum Gasteiger partial charge on any atom is -0.469 e. The van der Waals surface area contributed by atoms with Gasteiger partial charge < -0.3 is 10.5 Å². The highest BCUT2D eigenvalue weighted by molar-refractivity contribution is 5.71. The Hall–Kier alpha value is -2.11. The van der Waals surface area contributed by atoms with Gasteiger partial charge in [0.15, 0.2) is 0 Å². The number of nitro groups is 1. The molecule has 0 aliphatic heterocycles. The second-order valence-electron chi connectivity index (χ2n) is 2.79. The van der Waals surface area contributed by atoms with Crippen LogP contribution in [0.15, 0.2) is 29.3 Å². The van der Waals surface area contributed by atoms with E-state index in [1.807, 2.05) is 0 Å². The monoisotopic (exact) mass is 209 g/mol. The quantitative estimate of drug-likeness (QED) is 0.348. The van der Waals surface area contributed by atoms with Gasteiger partial charge in [-0.2, -0.15) is 0 Å². The van der Waals surface area contributed by atoms with Gasteiger partial charge in [-0.3, -0.25) is 10.1 Å². The molecule has 0 unspecified atom stereocenters. The highest BCUT2D eigenvalue weighted by Crippen LogP contribution is 2.13. The van der Waals surface area contributed by atoms with Crippen LogP contribution in [0, 0.1) is 10.1 Å². The fourth-order valence-corrected chi connectivity index (χ4v) is 1.00. The van der Waals surface area contributed by atoms with Crippen molar-refractivity contribution < 1.29 is 9.66 Å². The molecule has 0 heterocycles. The van der Waals surface area contributed by atoms with E-state index in [-0.39, 0.29) is 18.3 Å². The maximum atomic E-state index is 10.5. The summed E-state index contributed by atoms with van der Waals surface area (Å²) < 4.78 is 4.64.